The molecule has 6 nitrogen and oxygen atoms in total. The number of rotatable bonds is 3. The highest BCUT2D eigenvalue weighted by Crippen LogP contribution is 2.15. The minimum absolute atomic E-state index is 0.329. The van der Waals surface area contributed by atoms with Gasteiger partial charge in [-0.2, -0.15) is 0 Å². The third kappa shape index (κ3) is 4.31. The molecule has 0 aliphatic heterocycles. The van der Waals surface area contributed by atoms with Crippen LogP contribution < -0.4 is 16.4 Å². The van der Waals surface area contributed by atoms with E-state index < -0.39 is 11.1 Å². The first-order valence-corrected chi connectivity index (χ1v) is 9.80. The van der Waals surface area contributed by atoms with Crippen molar-refractivity contribution in [3.05, 3.63) is 110 Å². The molecule has 0 aliphatic carbocycles. The van der Waals surface area contributed by atoms with E-state index in [0.29, 0.717) is 28.8 Å². The van der Waals surface area contributed by atoms with E-state index in [1.165, 1.54) is 4.57 Å². The molecule has 0 radical (unpaired) electrons. The van der Waals surface area contributed by atoms with Crippen LogP contribution in [-0.2, 0) is 6.54 Å². The second kappa shape index (κ2) is 8.56. The van der Waals surface area contributed by atoms with Gasteiger partial charge in [0.25, 0.3) is 5.91 Å². The largest absolute Gasteiger partial charge is 0.322 e. The molecule has 0 unspecified atom stereocenters. The number of carbonyl (C=O) groups is 1. The van der Waals surface area contributed by atoms with Crippen molar-refractivity contribution in [1.29, 1.82) is 0 Å². The smallest absolute Gasteiger partial charge is 0.316 e. The maximum Gasteiger partial charge on any atom is 0.316 e. The maximum absolute atomic E-state index is 12.7. The molecule has 0 aliphatic rings. The van der Waals surface area contributed by atoms with E-state index in [9.17, 15) is 14.4 Å². The first-order chi connectivity index (χ1) is 15.0. The van der Waals surface area contributed by atoms with Crippen molar-refractivity contribution in [3.8, 4) is 11.8 Å². The molecular formula is C25H19N3O3. The quantitative estimate of drug-likeness (QED) is 0.402. The van der Waals surface area contributed by atoms with Gasteiger partial charge in [0.1, 0.15) is 0 Å². The van der Waals surface area contributed by atoms with Gasteiger partial charge < -0.3 is 14.9 Å². The lowest BCUT2D eigenvalue weighted by Gasteiger charge is -2.09. The predicted octanol–water partition coefficient (Wildman–Crippen LogP) is 3.36. The van der Waals surface area contributed by atoms with Crippen LogP contribution >= 0.6 is 0 Å². The molecule has 0 bridgehead atoms. The van der Waals surface area contributed by atoms with E-state index in [4.69, 9.17) is 0 Å². The number of carbonyl (C=O) groups excluding carboxylic acids is 1. The number of H-pyrrole nitrogens is 1. The van der Waals surface area contributed by atoms with Crippen LogP contribution in [0.1, 0.15) is 28.4 Å². The highest BCUT2D eigenvalue weighted by Gasteiger charge is 2.11. The molecule has 2 N–H and O–H groups in total. The van der Waals surface area contributed by atoms with E-state index in [0.717, 1.165) is 11.1 Å². The van der Waals surface area contributed by atoms with Crippen molar-refractivity contribution in [2.45, 2.75) is 13.5 Å². The topological polar surface area (TPSA) is 84.0 Å². The standard InChI is InChI=1S/C25H19N3O3/c1-2-28-22-14-13-19(16-21(22)27-24(30)25(28)31)23(29)26-20-10-6-9-18(15-20)12-11-17-7-4-3-5-8-17/h3-10,13-16H,2H2,1H3,(H,26,29)(H,27,30). The average Bonchev–Trinajstić information content (AvgIpc) is 2.79. The van der Waals surface area contributed by atoms with Crippen molar-refractivity contribution in [3.63, 3.8) is 0 Å². The highest BCUT2D eigenvalue weighted by molar-refractivity contribution is 6.06. The molecule has 0 fully saturated rings. The van der Waals surface area contributed by atoms with Crippen molar-refractivity contribution < 1.29 is 4.79 Å². The molecule has 0 spiro atoms. The third-order valence-corrected chi connectivity index (χ3v) is 4.80. The number of aromatic amines is 1. The molecule has 6 heteroatoms. The van der Waals surface area contributed by atoms with Crippen LogP contribution in [0.2, 0.25) is 0 Å². The summed E-state index contributed by atoms with van der Waals surface area (Å²) in [6.45, 7) is 2.15. The Kier molecular flexibility index (Phi) is 5.50. The lowest BCUT2D eigenvalue weighted by Crippen LogP contribution is -2.36. The summed E-state index contributed by atoms with van der Waals surface area (Å²) >= 11 is 0. The summed E-state index contributed by atoms with van der Waals surface area (Å²) in [6, 6.07) is 21.8. The van der Waals surface area contributed by atoms with E-state index in [1.807, 2.05) is 42.5 Å². The second-order valence-electron chi connectivity index (χ2n) is 6.89. The first-order valence-electron chi connectivity index (χ1n) is 9.80. The van der Waals surface area contributed by atoms with Crippen molar-refractivity contribution in [2.24, 2.45) is 0 Å². The van der Waals surface area contributed by atoms with Gasteiger partial charge in [-0.25, -0.2) is 0 Å². The molecule has 0 saturated carbocycles. The first kappa shape index (κ1) is 19.9. The lowest BCUT2D eigenvalue weighted by atomic mass is 10.1. The Balaban J connectivity index is 1.59. The number of amides is 1. The fourth-order valence-corrected chi connectivity index (χ4v) is 3.28. The molecular weight excluding hydrogens is 390 g/mol. The second-order valence-corrected chi connectivity index (χ2v) is 6.89. The Labute approximate surface area is 178 Å². The molecule has 0 saturated heterocycles. The molecule has 4 aromatic rings. The van der Waals surface area contributed by atoms with E-state index in [-0.39, 0.29) is 5.91 Å². The van der Waals surface area contributed by atoms with Gasteiger partial charge in [0, 0.05) is 28.9 Å². The van der Waals surface area contributed by atoms with Crippen LogP contribution in [0.5, 0.6) is 0 Å². The molecule has 1 aromatic heterocycles. The molecule has 1 heterocycles. The molecule has 4 rings (SSSR count). The van der Waals surface area contributed by atoms with Crippen LogP contribution in [-0.4, -0.2) is 15.5 Å². The summed E-state index contributed by atoms with van der Waals surface area (Å²) in [5, 5.41) is 2.85. The SMILES string of the molecule is CCn1c(=O)c(=O)[nH]c2cc(C(=O)Nc3cccc(C#Cc4ccccc4)c3)ccc21. The van der Waals surface area contributed by atoms with Crippen molar-refractivity contribution >= 4 is 22.6 Å². The number of hydrogen-bond donors (Lipinski definition) is 2. The van der Waals surface area contributed by atoms with Gasteiger partial charge >= 0.3 is 11.1 Å². The number of nitrogens with one attached hydrogen (secondary N) is 2. The number of benzene rings is 3. The third-order valence-electron chi connectivity index (χ3n) is 4.80. The summed E-state index contributed by atoms with van der Waals surface area (Å²) in [4.78, 5) is 39.2. The fourth-order valence-electron chi connectivity index (χ4n) is 3.28. The summed E-state index contributed by atoms with van der Waals surface area (Å²) in [5.74, 6) is 5.85. The van der Waals surface area contributed by atoms with Crippen molar-refractivity contribution in [1.82, 2.24) is 9.55 Å². The highest BCUT2D eigenvalue weighted by atomic mass is 16.2. The number of nitrogens with zero attached hydrogens (tertiary/aromatic N) is 1. The monoisotopic (exact) mass is 409 g/mol. The molecule has 0 atom stereocenters. The Hall–Kier alpha value is -4.37. The zero-order valence-electron chi connectivity index (χ0n) is 16.8. The fraction of sp³-hybridized carbons (Fsp3) is 0.0800. The van der Waals surface area contributed by atoms with Gasteiger partial charge in [-0.15, -0.1) is 0 Å². The Bertz CT molecular complexity index is 1450. The van der Waals surface area contributed by atoms with Crippen LogP contribution in [0.15, 0.2) is 82.4 Å². The predicted molar refractivity (Wildman–Crippen MR) is 121 cm³/mol. The number of aromatic nitrogens is 2. The lowest BCUT2D eigenvalue weighted by molar-refractivity contribution is 0.102. The maximum atomic E-state index is 12.7. The van der Waals surface area contributed by atoms with Gasteiger partial charge in [0.15, 0.2) is 0 Å². The van der Waals surface area contributed by atoms with Gasteiger partial charge in [-0.3, -0.25) is 14.4 Å². The van der Waals surface area contributed by atoms with Gasteiger partial charge in [-0.1, -0.05) is 36.1 Å². The van der Waals surface area contributed by atoms with Gasteiger partial charge in [0.2, 0.25) is 0 Å². The summed E-state index contributed by atoms with van der Waals surface area (Å²) in [7, 11) is 0. The minimum atomic E-state index is -0.711. The normalized spacial score (nSPS) is 10.4. The van der Waals surface area contributed by atoms with E-state index in [2.05, 4.69) is 22.1 Å². The molecule has 3 aromatic carbocycles. The molecule has 31 heavy (non-hydrogen) atoms. The van der Waals surface area contributed by atoms with E-state index in [1.54, 1.807) is 37.3 Å². The Morgan fingerprint density at radius 2 is 1.68 bits per heavy atom. The number of fused-ring (bicyclic) bond motifs is 1. The minimum Gasteiger partial charge on any atom is -0.322 e. The molecule has 152 valence electrons. The van der Waals surface area contributed by atoms with Gasteiger partial charge in [-0.05, 0) is 55.5 Å². The summed E-state index contributed by atoms with van der Waals surface area (Å²) in [5.41, 5.74) is 2.34. The van der Waals surface area contributed by atoms with Crippen LogP contribution in [0.4, 0.5) is 5.69 Å². The Morgan fingerprint density at radius 1 is 0.935 bits per heavy atom. The van der Waals surface area contributed by atoms with E-state index >= 15 is 0 Å². The summed E-state index contributed by atoms with van der Waals surface area (Å²) < 4.78 is 1.38. The number of aryl methyl sites for hydroxylation is 1. The zero-order valence-corrected chi connectivity index (χ0v) is 16.8. The Morgan fingerprint density at radius 3 is 2.45 bits per heavy atom. The van der Waals surface area contributed by atoms with Crippen LogP contribution in [0, 0.1) is 11.8 Å². The molecule has 1 amide bonds. The van der Waals surface area contributed by atoms with Crippen LogP contribution in [0.3, 0.4) is 0 Å². The zero-order chi connectivity index (χ0) is 21.8. The number of anilines is 1. The summed E-state index contributed by atoms with van der Waals surface area (Å²) in [6.07, 6.45) is 0. The van der Waals surface area contributed by atoms with Crippen molar-refractivity contribution in [2.75, 3.05) is 5.32 Å². The van der Waals surface area contributed by atoms with Crippen LogP contribution in [0.25, 0.3) is 11.0 Å². The number of hydrogen-bond acceptors (Lipinski definition) is 3. The van der Waals surface area contributed by atoms with Gasteiger partial charge in [0.05, 0.1) is 11.0 Å². The average molecular weight is 409 g/mol.